The van der Waals surface area contributed by atoms with Crippen LogP contribution in [-0.2, 0) is 17.4 Å². The molecule has 3 aromatic rings. The SMILES string of the molecule is CC(CCNS(=O)C(C)(C)C)Cc1cc(Br)c2cc(-c3ccncc3)ccc2n1. The van der Waals surface area contributed by atoms with E-state index in [-0.39, 0.29) is 4.75 Å². The summed E-state index contributed by atoms with van der Waals surface area (Å²) in [5.41, 5.74) is 4.37. The molecule has 29 heavy (non-hydrogen) atoms. The lowest BCUT2D eigenvalue weighted by Crippen LogP contribution is -2.34. The van der Waals surface area contributed by atoms with Gasteiger partial charge >= 0.3 is 0 Å². The zero-order chi connectivity index (χ0) is 21.0. The van der Waals surface area contributed by atoms with Crippen LogP contribution in [0.5, 0.6) is 0 Å². The maximum Gasteiger partial charge on any atom is 0.0970 e. The van der Waals surface area contributed by atoms with E-state index in [0.29, 0.717) is 5.92 Å². The first-order valence-corrected chi connectivity index (χ1v) is 11.8. The first kappa shape index (κ1) is 22.1. The fourth-order valence-corrected chi connectivity index (χ4v) is 4.46. The third kappa shape index (κ3) is 5.93. The fourth-order valence-electron chi connectivity index (χ4n) is 3.14. The lowest BCUT2D eigenvalue weighted by Gasteiger charge is -2.19. The molecule has 6 heteroatoms. The normalized spacial score (nSPS) is 14.1. The molecule has 0 amide bonds. The molecular formula is C23H28BrN3OS. The molecule has 0 aliphatic carbocycles. The number of rotatable bonds is 7. The molecule has 4 nitrogen and oxygen atoms in total. The van der Waals surface area contributed by atoms with E-state index in [1.807, 2.05) is 45.3 Å². The Morgan fingerprint density at radius 2 is 1.83 bits per heavy atom. The molecule has 1 aromatic carbocycles. The second kappa shape index (κ2) is 9.45. The van der Waals surface area contributed by atoms with E-state index < -0.39 is 11.0 Å². The van der Waals surface area contributed by atoms with E-state index in [9.17, 15) is 4.21 Å². The molecular weight excluding hydrogens is 446 g/mol. The van der Waals surface area contributed by atoms with Crippen molar-refractivity contribution in [3.05, 3.63) is 59.0 Å². The van der Waals surface area contributed by atoms with Crippen LogP contribution in [0.1, 0.15) is 39.8 Å². The van der Waals surface area contributed by atoms with Gasteiger partial charge in [-0.25, -0.2) is 8.93 Å². The summed E-state index contributed by atoms with van der Waals surface area (Å²) in [5, 5.41) is 1.11. The van der Waals surface area contributed by atoms with Crippen molar-refractivity contribution in [1.82, 2.24) is 14.7 Å². The summed E-state index contributed by atoms with van der Waals surface area (Å²) in [6.07, 6.45) is 5.47. The first-order chi connectivity index (χ1) is 13.7. The molecule has 2 aromatic heterocycles. The summed E-state index contributed by atoms with van der Waals surface area (Å²) >= 11 is 3.73. The van der Waals surface area contributed by atoms with Gasteiger partial charge in [-0.15, -0.1) is 0 Å². The standard InChI is InChI=1S/C23H28BrN3OS/c1-16(7-12-26-29(28)23(2,3)4)13-19-15-21(24)20-14-18(5-6-22(20)27-19)17-8-10-25-11-9-17/h5-6,8-11,14-16,26H,7,12-13H2,1-4H3. The Hall–Kier alpha value is -1.63. The van der Waals surface area contributed by atoms with Gasteiger partial charge in [0.1, 0.15) is 0 Å². The van der Waals surface area contributed by atoms with E-state index >= 15 is 0 Å². The van der Waals surface area contributed by atoms with Gasteiger partial charge in [0.25, 0.3) is 0 Å². The Labute approximate surface area is 184 Å². The summed E-state index contributed by atoms with van der Waals surface area (Å²) in [4.78, 5) is 8.96. The lowest BCUT2D eigenvalue weighted by molar-refractivity contribution is 0.519. The smallest absolute Gasteiger partial charge is 0.0970 e. The van der Waals surface area contributed by atoms with Gasteiger partial charge in [-0.05, 0) is 81.0 Å². The Bertz CT molecular complexity index is 1000. The third-order valence-corrected chi connectivity index (χ3v) is 7.04. The van der Waals surface area contributed by atoms with Crippen LogP contribution in [0.4, 0.5) is 0 Å². The summed E-state index contributed by atoms with van der Waals surface area (Å²) in [5.74, 6) is 0.451. The Kier molecular flexibility index (Phi) is 7.19. The molecule has 3 rings (SSSR count). The van der Waals surface area contributed by atoms with E-state index in [1.165, 1.54) is 0 Å². The van der Waals surface area contributed by atoms with Crippen molar-refractivity contribution >= 4 is 37.8 Å². The van der Waals surface area contributed by atoms with Gasteiger partial charge in [0.05, 0.1) is 21.2 Å². The fraction of sp³-hybridized carbons (Fsp3) is 0.391. The van der Waals surface area contributed by atoms with Crippen molar-refractivity contribution in [3.63, 3.8) is 0 Å². The minimum absolute atomic E-state index is 0.233. The monoisotopic (exact) mass is 473 g/mol. The van der Waals surface area contributed by atoms with Gasteiger partial charge in [0, 0.05) is 34.5 Å². The van der Waals surface area contributed by atoms with Gasteiger partial charge in [-0.1, -0.05) is 28.9 Å². The van der Waals surface area contributed by atoms with Crippen molar-refractivity contribution in [2.45, 2.75) is 45.3 Å². The van der Waals surface area contributed by atoms with Gasteiger partial charge in [-0.2, -0.15) is 0 Å². The number of halogens is 1. The van der Waals surface area contributed by atoms with Crippen molar-refractivity contribution in [2.75, 3.05) is 6.54 Å². The average Bonchev–Trinajstić information content (AvgIpc) is 2.67. The minimum atomic E-state index is -1.02. The Morgan fingerprint density at radius 1 is 1.10 bits per heavy atom. The van der Waals surface area contributed by atoms with Gasteiger partial charge in [-0.3, -0.25) is 9.97 Å². The minimum Gasteiger partial charge on any atom is -0.265 e. The molecule has 0 radical (unpaired) electrons. The number of nitrogens with one attached hydrogen (secondary N) is 1. The Morgan fingerprint density at radius 3 is 2.52 bits per heavy atom. The maximum atomic E-state index is 12.1. The lowest BCUT2D eigenvalue weighted by atomic mass is 10.00. The van der Waals surface area contributed by atoms with Crippen LogP contribution in [0.2, 0.25) is 0 Å². The van der Waals surface area contributed by atoms with Crippen molar-refractivity contribution in [3.8, 4) is 11.1 Å². The van der Waals surface area contributed by atoms with Crippen molar-refractivity contribution in [1.29, 1.82) is 0 Å². The topological polar surface area (TPSA) is 54.9 Å². The van der Waals surface area contributed by atoms with Gasteiger partial charge in [0.2, 0.25) is 0 Å². The summed E-state index contributed by atoms with van der Waals surface area (Å²) in [6, 6.07) is 12.5. The molecule has 2 atom stereocenters. The number of nitrogens with zero attached hydrogens (tertiary/aromatic N) is 2. The number of hydrogen-bond acceptors (Lipinski definition) is 3. The summed E-state index contributed by atoms with van der Waals surface area (Å²) < 4.78 is 16.1. The number of fused-ring (bicyclic) bond motifs is 1. The van der Waals surface area contributed by atoms with Gasteiger partial charge < -0.3 is 0 Å². The molecule has 0 bridgehead atoms. The number of benzene rings is 1. The highest BCUT2D eigenvalue weighted by molar-refractivity contribution is 9.10. The largest absolute Gasteiger partial charge is 0.265 e. The quantitative estimate of drug-likeness (QED) is 0.479. The molecule has 0 saturated heterocycles. The van der Waals surface area contributed by atoms with Gasteiger partial charge in [0.15, 0.2) is 0 Å². The number of hydrogen-bond donors (Lipinski definition) is 1. The average molecular weight is 474 g/mol. The molecule has 2 unspecified atom stereocenters. The summed E-state index contributed by atoms with van der Waals surface area (Å²) in [6.45, 7) is 8.91. The first-order valence-electron chi connectivity index (χ1n) is 9.89. The highest BCUT2D eigenvalue weighted by atomic mass is 79.9. The van der Waals surface area contributed by atoms with Crippen molar-refractivity contribution in [2.24, 2.45) is 5.92 Å². The molecule has 0 aliphatic rings. The molecule has 154 valence electrons. The molecule has 0 aliphatic heterocycles. The number of aromatic nitrogens is 2. The van der Waals surface area contributed by atoms with Crippen LogP contribution in [0.25, 0.3) is 22.0 Å². The van der Waals surface area contributed by atoms with Crippen LogP contribution in [0.3, 0.4) is 0 Å². The van der Waals surface area contributed by atoms with E-state index in [1.54, 1.807) is 0 Å². The number of pyridine rings is 2. The van der Waals surface area contributed by atoms with Crippen LogP contribution in [-0.4, -0.2) is 25.5 Å². The van der Waals surface area contributed by atoms with E-state index in [0.717, 1.165) is 51.6 Å². The molecule has 0 spiro atoms. The highest BCUT2D eigenvalue weighted by Crippen LogP contribution is 2.29. The predicted octanol–water partition coefficient (Wildman–Crippen LogP) is 5.68. The predicted molar refractivity (Wildman–Crippen MR) is 126 cm³/mol. The zero-order valence-corrected chi connectivity index (χ0v) is 19.8. The van der Waals surface area contributed by atoms with Crippen LogP contribution >= 0.6 is 15.9 Å². The van der Waals surface area contributed by atoms with E-state index in [4.69, 9.17) is 4.98 Å². The van der Waals surface area contributed by atoms with E-state index in [2.05, 4.69) is 56.8 Å². The van der Waals surface area contributed by atoms with Crippen LogP contribution in [0, 0.1) is 5.92 Å². The van der Waals surface area contributed by atoms with Crippen LogP contribution in [0.15, 0.2) is 53.3 Å². The molecule has 2 heterocycles. The van der Waals surface area contributed by atoms with Crippen molar-refractivity contribution < 1.29 is 4.21 Å². The molecule has 0 fully saturated rings. The highest BCUT2D eigenvalue weighted by Gasteiger charge is 2.19. The second-order valence-corrected chi connectivity index (χ2v) is 11.3. The molecule has 0 saturated carbocycles. The third-order valence-electron chi connectivity index (χ3n) is 4.81. The Balaban J connectivity index is 1.68. The zero-order valence-electron chi connectivity index (χ0n) is 17.4. The second-order valence-electron chi connectivity index (χ2n) is 8.44. The maximum absolute atomic E-state index is 12.1. The van der Waals surface area contributed by atoms with Crippen LogP contribution < -0.4 is 4.72 Å². The summed E-state index contributed by atoms with van der Waals surface area (Å²) in [7, 11) is -1.02. The molecule has 1 N–H and O–H groups in total.